The van der Waals surface area contributed by atoms with E-state index in [2.05, 4.69) is 47.2 Å². The Hall–Kier alpha value is -4.78. The van der Waals surface area contributed by atoms with E-state index in [0.29, 0.717) is 24.7 Å². The van der Waals surface area contributed by atoms with Crippen LogP contribution >= 0.6 is 0 Å². The third-order valence-electron chi connectivity index (χ3n) is 8.53. The molecule has 1 unspecified atom stereocenters. The van der Waals surface area contributed by atoms with Gasteiger partial charge >= 0.3 is 6.18 Å². The Morgan fingerprint density at radius 1 is 0.844 bits per heavy atom. The summed E-state index contributed by atoms with van der Waals surface area (Å²) in [5.74, 6) is 1.22. The number of oxazole rings is 1. The highest BCUT2D eigenvalue weighted by molar-refractivity contribution is 5.77. The molecule has 2 saturated heterocycles. The third kappa shape index (κ3) is 6.12. The number of aromatic nitrogens is 4. The van der Waals surface area contributed by atoms with Crippen LogP contribution < -0.4 is 20.0 Å². The lowest BCUT2D eigenvalue weighted by atomic mass is 9.90. The number of aliphatic hydroxyl groups is 1. The summed E-state index contributed by atoms with van der Waals surface area (Å²) < 4.78 is 47.4. The van der Waals surface area contributed by atoms with E-state index in [-0.39, 0.29) is 6.01 Å². The summed E-state index contributed by atoms with van der Waals surface area (Å²) in [5.41, 5.74) is 2.24. The molecule has 2 fully saturated rings. The van der Waals surface area contributed by atoms with Crippen molar-refractivity contribution < 1.29 is 22.7 Å². The first kappa shape index (κ1) is 29.0. The normalized spacial score (nSPS) is 17.2. The number of piperidine rings is 1. The summed E-state index contributed by atoms with van der Waals surface area (Å²) in [6.45, 7) is 3.93. The molecule has 0 amide bonds. The van der Waals surface area contributed by atoms with Crippen molar-refractivity contribution in [2.75, 3.05) is 59.3 Å². The topological polar surface area (TPSA) is 110 Å². The molecule has 45 heavy (non-hydrogen) atoms. The predicted octanol–water partition coefficient (Wildman–Crippen LogP) is 5.78. The first-order valence-electron chi connectivity index (χ1n) is 15.0. The number of aliphatic hydroxyl groups excluding tert-OH is 1. The van der Waals surface area contributed by atoms with Gasteiger partial charge in [-0.15, -0.1) is 0 Å². The molecule has 13 heteroatoms. The van der Waals surface area contributed by atoms with Crippen LogP contribution in [-0.2, 0) is 6.18 Å². The fraction of sp³-hybridized carbons (Fsp3) is 0.344. The van der Waals surface area contributed by atoms with Crippen LogP contribution in [0.15, 0.2) is 77.3 Å². The Morgan fingerprint density at radius 3 is 2.24 bits per heavy atom. The number of para-hydroxylation sites is 2. The number of pyridine rings is 1. The van der Waals surface area contributed by atoms with E-state index >= 15 is 0 Å². The quantitative estimate of drug-likeness (QED) is 0.196. The first-order chi connectivity index (χ1) is 21.8. The lowest BCUT2D eigenvalue weighted by Gasteiger charge is -2.35. The fourth-order valence-corrected chi connectivity index (χ4v) is 6.09. The van der Waals surface area contributed by atoms with Gasteiger partial charge in [-0.05, 0) is 48.6 Å². The van der Waals surface area contributed by atoms with Crippen LogP contribution in [0, 0.1) is 0 Å². The number of piperazine rings is 1. The Balaban J connectivity index is 0.982. The zero-order valence-electron chi connectivity index (χ0n) is 24.4. The van der Waals surface area contributed by atoms with E-state index in [4.69, 9.17) is 4.42 Å². The van der Waals surface area contributed by atoms with Crippen molar-refractivity contribution in [2.24, 2.45) is 0 Å². The predicted molar refractivity (Wildman–Crippen MR) is 165 cm³/mol. The van der Waals surface area contributed by atoms with Gasteiger partial charge in [0.1, 0.15) is 5.82 Å². The SMILES string of the molecule is OC(Nc1ccc(N2CCN(c3nc4ccccc4[nH]3)CC2)nc1)c1oc(N2CCC(c3ccccc3)CC2)nc1C(F)(F)F. The van der Waals surface area contributed by atoms with Gasteiger partial charge in [-0.1, -0.05) is 42.5 Å². The minimum atomic E-state index is -4.80. The van der Waals surface area contributed by atoms with Crippen molar-refractivity contribution in [2.45, 2.75) is 31.2 Å². The molecule has 234 valence electrons. The van der Waals surface area contributed by atoms with Crippen LogP contribution in [0.2, 0.25) is 0 Å². The highest BCUT2D eigenvalue weighted by Crippen LogP contribution is 2.38. The van der Waals surface area contributed by atoms with E-state index < -0.39 is 23.9 Å². The van der Waals surface area contributed by atoms with Gasteiger partial charge in [-0.25, -0.2) is 9.97 Å². The number of nitrogens with one attached hydrogen (secondary N) is 2. The highest BCUT2D eigenvalue weighted by Gasteiger charge is 2.42. The van der Waals surface area contributed by atoms with Gasteiger partial charge in [0, 0.05) is 39.3 Å². The lowest BCUT2D eigenvalue weighted by Crippen LogP contribution is -2.47. The molecule has 5 heterocycles. The van der Waals surface area contributed by atoms with Crippen LogP contribution in [0.25, 0.3) is 11.0 Å². The van der Waals surface area contributed by atoms with Crippen LogP contribution in [0.3, 0.4) is 0 Å². The number of fused-ring (bicyclic) bond motifs is 1. The number of benzene rings is 2. The third-order valence-corrected chi connectivity index (χ3v) is 8.53. The molecule has 10 nitrogen and oxygen atoms in total. The van der Waals surface area contributed by atoms with Gasteiger partial charge in [-0.2, -0.15) is 18.2 Å². The van der Waals surface area contributed by atoms with Crippen molar-refractivity contribution in [3.63, 3.8) is 0 Å². The number of alkyl halides is 3. The molecule has 3 N–H and O–H groups in total. The van der Waals surface area contributed by atoms with Gasteiger partial charge in [0.05, 0.1) is 22.9 Å². The van der Waals surface area contributed by atoms with Crippen LogP contribution in [-0.4, -0.2) is 64.3 Å². The number of hydrogen-bond acceptors (Lipinski definition) is 9. The second-order valence-corrected chi connectivity index (χ2v) is 11.4. The maximum absolute atomic E-state index is 14.0. The molecule has 0 spiro atoms. The standard InChI is InChI=1S/C32H33F3N8O2/c33-32(34,35)28-27(45-31(40-28)43-14-12-22(13-15-43)21-6-2-1-3-7-21)29(44)37-23-10-11-26(36-20-23)41-16-18-42(19-17-41)30-38-24-8-4-5-9-25(24)39-30/h1-11,20,22,29,37,44H,12-19H2,(H,38,39). The van der Waals surface area contributed by atoms with E-state index in [1.807, 2.05) is 42.5 Å². The number of anilines is 4. The fourth-order valence-electron chi connectivity index (χ4n) is 6.09. The molecule has 3 aromatic heterocycles. The summed E-state index contributed by atoms with van der Waals surface area (Å²) in [5, 5.41) is 13.5. The average molecular weight is 619 g/mol. The van der Waals surface area contributed by atoms with Crippen molar-refractivity contribution in [3.8, 4) is 0 Å². The minimum Gasteiger partial charge on any atom is -0.423 e. The van der Waals surface area contributed by atoms with E-state index in [1.165, 1.54) is 11.8 Å². The molecular weight excluding hydrogens is 585 g/mol. The van der Waals surface area contributed by atoms with Gasteiger partial charge in [0.25, 0.3) is 6.01 Å². The molecule has 7 rings (SSSR count). The second-order valence-electron chi connectivity index (χ2n) is 11.4. The molecular formula is C32H33F3N8O2. The number of rotatable bonds is 7. The van der Waals surface area contributed by atoms with E-state index in [1.54, 1.807) is 17.0 Å². The number of imidazole rings is 1. The largest absolute Gasteiger partial charge is 0.437 e. The highest BCUT2D eigenvalue weighted by atomic mass is 19.4. The molecule has 2 aliphatic heterocycles. The van der Waals surface area contributed by atoms with Crippen LogP contribution in [0.4, 0.5) is 36.6 Å². The van der Waals surface area contributed by atoms with E-state index in [9.17, 15) is 18.3 Å². The van der Waals surface area contributed by atoms with Crippen molar-refractivity contribution in [1.29, 1.82) is 0 Å². The summed E-state index contributed by atoms with van der Waals surface area (Å²) >= 11 is 0. The summed E-state index contributed by atoms with van der Waals surface area (Å²) in [7, 11) is 0. The molecule has 2 aliphatic rings. The summed E-state index contributed by atoms with van der Waals surface area (Å²) in [6.07, 6.45) is -3.56. The molecule has 0 radical (unpaired) electrons. The first-order valence-corrected chi connectivity index (χ1v) is 15.0. The minimum absolute atomic E-state index is 0.139. The van der Waals surface area contributed by atoms with Gasteiger partial charge < -0.3 is 34.5 Å². The zero-order chi connectivity index (χ0) is 31.0. The molecule has 0 saturated carbocycles. The lowest BCUT2D eigenvalue weighted by molar-refractivity contribution is -0.143. The number of halogens is 3. The van der Waals surface area contributed by atoms with Crippen LogP contribution in [0.1, 0.15) is 42.0 Å². The molecule has 0 aliphatic carbocycles. The number of nitrogens with zero attached hydrogens (tertiary/aromatic N) is 6. The van der Waals surface area contributed by atoms with Gasteiger partial charge in [0.15, 0.2) is 17.7 Å². The average Bonchev–Trinajstić information content (AvgIpc) is 3.72. The molecule has 1 atom stereocenters. The Morgan fingerprint density at radius 2 is 1.56 bits per heavy atom. The van der Waals surface area contributed by atoms with Gasteiger partial charge in [-0.3, -0.25) is 0 Å². The maximum atomic E-state index is 14.0. The Bertz CT molecular complexity index is 1690. The summed E-state index contributed by atoms with van der Waals surface area (Å²) in [4.78, 5) is 22.4. The smallest absolute Gasteiger partial charge is 0.423 e. The second kappa shape index (κ2) is 12.0. The molecule has 0 bridgehead atoms. The maximum Gasteiger partial charge on any atom is 0.437 e. The summed E-state index contributed by atoms with van der Waals surface area (Å²) in [6, 6.07) is 21.3. The van der Waals surface area contributed by atoms with Crippen molar-refractivity contribution in [3.05, 3.63) is 89.9 Å². The van der Waals surface area contributed by atoms with Crippen LogP contribution in [0.5, 0.6) is 0 Å². The molecule has 2 aromatic carbocycles. The van der Waals surface area contributed by atoms with Gasteiger partial charge in [0.2, 0.25) is 5.95 Å². The zero-order valence-corrected chi connectivity index (χ0v) is 24.4. The Kier molecular flexibility index (Phi) is 7.70. The number of aromatic amines is 1. The number of hydrogen-bond donors (Lipinski definition) is 3. The Labute approximate surface area is 257 Å². The van der Waals surface area contributed by atoms with Crippen molar-refractivity contribution >= 4 is 34.5 Å². The molecule has 5 aromatic rings. The van der Waals surface area contributed by atoms with E-state index in [0.717, 1.165) is 61.8 Å². The monoisotopic (exact) mass is 618 g/mol. The van der Waals surface area contributed by atoms with Crippen molar-refractivity contribution in [1.82, 2.24) is 19.9 Å². The number of H-pyrrole nitrogens is 1.